The summed E-state index contributed by atoms with van der Waals surface area (Å²) in [6.07, 6.45) is 4.64. The molecule has 0 aromatic heterocycles. The van der Waals surface area contributed by atoms with Crippen LogP contribution in [0.5, 0.6) is 5.75 Å². The molecular formula is C30H37FN2O6S. The lowest BCUT2D eigenvalue weighted by Gasteiger charge is -2.41. The van der Waals surface area contributed by atoms with Crippen molar-refractivity contribution < 1.29 is 31.6 Å². The molecule has 1 spiro atoms. The molecule has 0 atom stereocenters. The third-order valence-corrected chi connectivity index (χ3v) is 9.85. The summed E-state index contributed by atoms with van der Waals surface area (Å²) in [5.41, 5.74) is 4.05. The Bertz CT molecular complexity index is 1360. The number of halogens is 1. The minimum absolute atomic E-state index is 0.0223. The minimum atomic E-state index is -4.00. The van der Waals surface area contributed by atoms with E-state index in [0.29, 0.717) is 31.9 Å². The van der Waals surface area contributed by atoms with Crippen molar-refractivity contribution >= 4 is 16.2 Å². The number of hydrogen-bond acceptors (Lipinski definition) is 6. The summed E-state index contributed by atoms with van der Waals surface area (Å²) < 4.78 is 57.0. The van der Waals surface area contributed by atoms with Crippen LogP contribution in [0.1, 0.15) is 62.5 Å². The van der Waals surface area contributed by atoms with Gasteiger partial charge in [0.1, 0.15) is 17.2 Å². The molecule has 2 saturated heterocycles. The van der Waals surface area contributed by atoms with E-state index in [9.17, 15) is 17.6 Å². The minimum Gasteiger partial charge on any atom is -0.494 e. The Balaban J connectivity index is 1.12. The molecule has 4 fully saturated rings. The smallest absolute Gasteiger partial charge is 0.410 e. The van der Waals surface area contributed by atoms with Gasteiger partial charge in [-0.1, -0.05) is 12.1 Å². The van der Waals surface area contributed by atoms with Crippen molar-refractivity contribution in [1.82, 2.24) is 9.80 Å². The van der Waals surface area contributed by atoms with E-state index in [-0.39, 0.29) is 29.6 Å². The Kier molecular flexibility index (Phi) is 7.29. The van der Waals surface area contributed by atoms with E-state index in [1.807, 2.05) is 19.1 Å². The molecule has 0 bridgehead atoms. The van der Waals surface area contributed by atoms with Crippen LogP contribution in [0.15, 0.2) is 36.4 Å². The summed E-state index contributed by atoms with van der Waals surface area (Å²) in [5.74, 6) is 0.775. The number of benzene rings is 2. The number of carbonyl (C=O) groups is 1. The van der Waals surface area contributed by atoms with E-state index in [4.69, 9.17) is 14.0 Å². The Hall–Kier alpha value is -2.69. The molecule has 1 amide bonds. The maximum Gasteiger partial charge on any atom is 0.410 e. The lowest BCUT2D eigenvalue weighted by Crippen LogP contribution is -2.50. The van der Waals surface area contributed by atoms with Gasteiger partial charge in [-0.3, -0.25) is 9.45 Å². The number of ether oxygens (including phenoxy) is 2. The van der Waals surface area contributed by atoms with Crippen LogP contribution in [-0.2, 0) is 21.4 Å². The number of hydrogen-bond donors (Lipinski definition) is 1. The molecule has 2 aromatic carbocycles. The van der Waals surface area contributed by atoms with Gasteiger partial charge in [-0.05, 0) is 85.4 Å². The van der Waals surface area contributed by atoms with Crippen LogP contribution in [0.4, 0.5) is 9.18 Å². The molecule has 216 valence electrons. The van der Waals surface area contributed by atoms with Crippen molar-refractivity contribution in [1.29, 1.82) is 0 Å². The summed E-state index contributed by atoms with van der Waals surface area (Å²) in [5, 5.41) is 0. The van der Waals surface area contributed by atoms with Crippen LogP contribution in [-0.4, -0.2) is 72.5 Å². The highest BCUT2D eigenvalue weighted by Crippen LogP contribution is 2.47. The molecule has 8 nitrogen and oxygen atoms in total. The zero-order valence-corrected chi connectivity index (χ0v) is 23.7. The molecule has 2 aliphatic carbocycles. The third-order valence-electron chi connectivity index (χ3n) is 8.96. The predicted molar refractivity (Wildman–Crippen MR) is 148 cm³/mol. The van der Waals surface area contributed by atoms with Gasteiger partial charge in [0, 0.05) is 44.1 Å². The summed E-state index contributed by atoms with van der Waals surface area (Å²) in [7, 11) is -4.00. The van der Waals surface area contributed by atoms with E-state index in [1.54, 1.807) is 4.90 Å². The van der Waals surface area contributed by atoms with Gasteiger partial charge in [-0.2, -0.15) is 8.42 Å². The normalized spacial score (nSPS) is 24.7. The van der Waals surface area contributed by atoms with E-state index >= 15 is 0 Å². The van der Waals surface area contributed by atoms with Crippen molar-refractivity contribution in [2.24, 2.45) is 5.92 Å². The predicted octanol–water partition coefficient (Wildman–Crippen LogP) is 5.22. The SMILES string of the molecule is CCOc1cc(-c2ccc(F)cc2)c(C2CC2)cc1CN1CCC2(CC1)CN(C1CC(CS(=O)(=O)O)C1)C(=O)O2. The molecule has 40 heavy (non-hydrogen) atoms. The van der Waals surface area contributed by atoms with E-state index < -0.39 is 15.7 Å². The lowest BCUT2D eigenvalue weighted by molar-refractivity contribution is -0.00167. The molecule has 0 unspecified atom stereocenters. The average Bonchev–Trinajstić information content (AvgIpc) is 3.68. The first kappa shape index (κ1) is 27.5. The van der Waals surface area contributed by atoms with Crippen molar-refractivity contribution in [2.45, 2.75) is 69.6 Å². The quantitative estimate of drug-likeness (QED) is 0.412. The molecule has 0 radical (unpaired) electrons. The Labute approximate surface area is 235 Å². The van der Waals surface area contributed by atoms with E-state index in [1.165, 1.54) is 17.7 Å². The van der Waals surface area contributed by atoms with E-state index in [0.717, 1.165) is 67.8 Å². The molecule has 1 N–H and O–H groups in total. The highest BCUT2D eigenvalue weighted by Gasteiger charge is 2.51. The number of piperidine rings is 1. The van der Waals surface area contributed by atoms with Gasteiger partial charge in [-0.15, -0.1) is 0 Å². The monoisotopic (exact) mass is 572 g/mol. The molecule has 4 aliphatic rings. The average molecular weight is 573 g/mol. The summed E-state index contributed by atoms with van der Waals surface area (Å²) in [4.78, 5) is 16.9. The third kappa shape index (κ3) is 5.85. The van der Waals surface area contributed by atoms with Crippen LogP contribution < -0.4 is 4.74 Å². The summed E-state index contributed by atoms with van der Waals surface area (Å²) in [6, 6.07) is 11.1. The highest BCUT2D eigenvalue weighted by molar-refractivity contribution is 7.85. The molecule has 2 saturated carbocycles. The van der Waals surface area contributed by atoms with Crippen molar-refractivity contribution in [2.75, 3.05) is 32.0 Å². The number of nitrogens with zero attached hydrogens (tertiary/aromatic N) is 2. The van der Waals surface area contributed by atoms with Crippen LogP contribution >= 0.6 is 0 Å². The van der Waals surface area contributed by atoms with Gasteiger partial charge < -0.3 is 14.4 Å². The topological polar surface area (TPSA) is 96.4 Å². The van der Waals surface area contributed by atoms with Crippen molar-refractivity contribution in [3.05, 3.63) is 53.3 Å². The number of amides is 1. The van der Waals surface area contributed by atoms with Crippen LogP contribution in [0.3, 0.4) is 0 Å². The van der Waals surface area contributed by atoms with Gasteiger partial charge in [0.15, 0.2) is 0 Å². The van der Waals surface area contributed by atoms with Crippen LogP contribution in [0.2, 0.25) is 0 Å². The maximum absolute atomic E-state index is 13.6. The second-order valence-corrected chi connectivity index (χ2v) is 13.5. The first-order chi connectivity index (χ1) is 19.1. The van der Waals surface area contributed by atoms with E-state index in [2.05, 4.69) is 17.0 Å². The number of rotatable bonds is 9. The van der Waals surface area contributed by atoms with Gasteiger partial charge in [0.2, 0.25) is 0 Å². The van der Waals surface area contributed by atoms with Gasteiger partial charge in [0.05, 0.1) is 18.9 Å². The molecule has 2 heterocycles. The van der Waals surface area contributed by atoms with Crippen LogP contribution in [0.25, 0.3) is 11.1 Å². The largest absolute Gasteiger partial charge is 0.494 e. The summed E-state index contributed by atoms with van der Waals surface area (Å²) >= 11 is 0. The summed E-state index contributed by atoms with van der Waals surface area (Å²) in [6.45, 7) is 5.40. The maximum atomic E-state index is 13.6. The van der Waals surface area contributed by atoms with Gasteiger partial charge >= 0.3 is 6.09 Å². The molecule has 10 heteroatoms. The van der Waals surface area contributed by atoms with Gasteiger partial charge in [0.25, 0.3) is 10.1 Å². The molecular weight excluding hydrogens is 535 g/mol. The first-order valence-corrected chi connectivity index (χ1v) is 15.9. The van der Waals surface area contributed by atoms with Crippen molar-refractivity contribution in [3.63, 3.8) is 0 Å². The lowest BCUT2D eigenvalue weighted by atomic mass is 9.80. The Morgan fingerprint density at radius 3 is 2.45 bits per heavy atom. The first-order valence-electron chi connectivity index (χ1n) is 14.3. The number of likely N-dealkylation sites (tertiary alicyclic amines) is 1. The zero-order valence-electron chi connectivity index (χ0n) is 22.9. The standard InChI is InChI=1S/C30H37FN2O6S/c1-2-38-28-16-27(22-5-7-24(31)8-6-22)26(21-3-4-21)15-23(28)17-32-11-9-30(10-12-32)19-33(29(34)39-30)25-13-20(14-25)18-40(35,36)37/h5-8,15-16,20-21,25H,2-4,9-14,17-19H2,1H3,(H,35,36,37). The van der Waals surface area contributed by atoms with Crippen molar-refractivity contribution in [3.8, 4) is 16.9 Å². The fraction of sp³-hybridized carbons (Fsp3) is 0.567. The molecule has 2 aliphatic heterocycles. The molecule has 2 aromatic rings. The fourth-order valence-corrected chi connectivity index (χ4v) is 7.47. The van der Waals surface area contributed by atoms with Gasteiger partial charge in [-0.25, -0.2) is 9.18 Å². The highest BCUT2D eigenvalue weighted by atomic mass is 32.2. The number of carbonyl (C=O) groups excluding carboxylic acids is 1. The Morgan fingerprint density at radius 1 is 1.12 bits per heavy atom. The molecule has 6 rings (SSSR count). The van der Waals surface area contributed by atoms with Crippen LogP contribution in [0, 0.1) is 11.7 Å². The Morgan fingerprint density at radius 2 is 1.82 bits per heavy atom. The zero-order chi connectivity index (χ0) is 28.1. The second-order valence-electron chi connectivity index (χ2n) is 12.0. The fourth-order valence-electron chi connectivity index (χ4n) is 6.61. The second kappa shape index (κ2) is 10.6.